The number of aromatic nitrogens is 1. The molecule has 0 aliphatic carbocycles. The summed E-state index contributed by atoms with van der Waals surface area (Å²) in [5.41, 5.74) is 4.83. The first kappa shape index (κ1) is 18.5. The highest BCUT2D eigenvalue weighted by atomic mass is 35.5. The van der Waals surface area contributed by atoms with Gasteiger partial charge in [-0.05, 0) is 49.4 Å². The minimum absolute atomic E-state index is 0.808. The number of hydrogen-bond donors (Lipinski definition) is 0. The number of hydrogen-bond acceptors (Lipinski definition) is 3. The van der Waals surface area contributed by atoms with E-state index in [1.807, 2.05) is 0 Å². The lowest BCUT2D eigenvalue weighted by atomic mass is 10.1. The van der Waals surface area contributed by atoms with Gasteiger partial charge < -0.3 is 9.80 Å². The quantitative estimate of drug-likeness (QED) is 0.596. The molecule has 0 bridgehead atoms. The highest BCUT2D eigenvalue weighted by Gasteiger charge is 2.16. The van der Waals surface area contributed by atoms with Crippen LogP contribution >= 0.6 is 22.9 Å². The van der Waals surface area contributed by atoms with Gasteiger partial charge in [-0.2, -0.15) is 4.57 Å². The molecule has 0 atom stereocenters. The second kappa shape index (κ2) is 7.63. The summed E-state index contributed by atoms with van der Waals surface area (Å²) in [6.45, 7) is 6.44. The topological polar surface area (TPSA) is 10.4 Å². The van der Waals surface area contributed by atoms with Crippen molar-refractivity contribution in [1.29, 1.82) is 0 Å². The van der Waals surface area contributed by atoms with Crippen molar-refractivity contribution in [3.63, 3.8) is 0 Å². The van der Waals surface area contributed by atoms with Gasteiger partial charge in [0.1, 0.15) is 11.7 Å². The van der Waals surface area contributed by atoms with Crippen LogP contribution in [-0.4, -0.2) is 38.1 Å². The molecular weight excluding hydrogens is 374 g/mol. The van der Waals surface area contributed by atoms with Crippen LogP contribution in [0.4, 0.5) is 5.69 Å². The fourth-order valence-electron chi connectivity index (χ4n) is 3.50. The summed E-state index contributed by atoms with van der Waals surface area (Å²) >= 11 is 8.40. The zero-order valence-electron chi connectivity index (χ0n) is 16.1. The second-order valence-electron chi connectivity index (χ2n) is 7.30. The third-order valence-corrected chi connectivity index (χ3v) is 6.79. The molecule has 0 saturated carbocycles. The Morgan fingerprint density at radius 2 is 1.81 bits per heavy atom. The van der Waals surface area contributed by atoms with Gasteiger partial charge in [-0.3, -0.25) is 0 Å². The van der Waals surface area contributed by atoms with Crippen LogP contribution in [0.3, 0.4) is 0 Å². The molecule has 4 rings (SSSR count). The molecule has 1 aliphatic heterocycles. The van der Waals surface area contributed by atoms with E-state index < -0.39 is 0 Å². The summed E-state index contributed by atoms with van der Waals surface area (Å²) in [6.07, 6.45) is 4.28. The number of piperazine rings is 1. The number of anilines is 1. The van der Waals surface area contributed by atoms with Crippen LogP contribution in [0.5, 0.6) is 0 Å². The fraction of sp³-hybridized carbons (Fsp3) is 0.318. The Morgan fingerprint density at radius 1 is 1.04 bits per heavy atom. The summed E-state index contributed by atoms with van der Waals surface area (Å²) in [6, 6.07) is 13.0. The van der Waals surface area contributed by atoms with E-state index in [1.165, 1.54) is 26.5 Å². The number of halogens is 1. The van der Waals surface area contributed by atoms with Gasteiger partial charge in [0.05, 0.1) is 0 Å². The second-order valence-corrected chi connectivity index (χ2v) is 8.77. The zero-order chi connectivity index (χ0) is 19.0. The first-order chi connectivity index (χ1) is 13.0. The van der Waals surface area contributed by atoms with Crippen molar-refractivity contribution < 1.29 is 4.57 Å². The average molecular weight is 399 g/mol. The van der Waals surface area contributed by atoms with Crippen molar-refractivity contribution in [2.45, 2.75) is 6.92 Å². The van der Waals surface area contributed by atoms with Crippen molar-refractivity contribution in [2.75, 3.05) is 38.1 Å². The molecule has 2 aromatic carbocycles. The largest absolute Gasteiger partial charge is 0.369 e. The van der Waals surface area contributed by atoms with Gasteiger partial charge in [-0.25, -0.2) is 0 Å². The monoisotopic (exact) mass is 398 g/mol. The average Bonchev–Trinajstić information content (AvgIpc) is 2.97. The van der Waals surface area contributed by atoms with Crippen LogP contribution in [0.15, 0.2) is 36.4 Å². The molecule has 1 fully saturated rings. The molecule has 0 amide bonds. The van der Waals surface area contributed by atoms with E-state index in [1.54, 1.807) is 11.3 Å². The van der Waals surface area contributed by atoms with Crippen LogP contribution in [-0.2, 0) is 7.05 Å². The molecular formula is C22H25ClN3S+. The Labute approximate surface area is 170 Å². The zero-order valence-corrected chi connectivity index (χ0v) is 17.6. The fourth-order valence-corrected chi connectivity index (χ4v) is 4.77. The Morgan fingerprint density at radius 3 is 2.56 bits per heavy atom. The first-order valence-corrected chi connectivity index (χ1v) is 10.5. The number of likely N-dealkylation sites (N-methyl/N-ethyl adjacent to an activating group) is 1. The van der Waals surface area contributed by atoms with Gasteiger partial charge in [0.15, 0.2) is 0 Å². The Kier molecular flexibility index (Phi) is 5.22. The summed E-state index contributed by atoms with van der Waals surface area (Å²) in [5, 5.41) is 2.03. The molecule has 0 spiro atoms. The van der Waals surface area contributed by atoms with E-state index in [0.717, 1.165) is 36.8 Å². The highest BCUT2D eigenvalue weighted by molar-refractivity contribution is 7.18. The SMILES string of the molecule is Cc1ccc2sc(/C=C/c3ccc(N4CCN(C)CC4)cc3Cl)[n+](C)c2c1. The lowest BCUT2D eigenvalue weighted by molar-refractivity contribution is -0.642. The van der Waals surface area contributed by atoms with Crippen LogP contribution in [0.1, 0.15) is 16.1 Å². The third kappa shape index (κ3) is 3.88. The molecule has 140 valence electrons. The summed E-state index contributed by atoms with van der Waals surface area (Å²) in [4.78, 5) is 4.77. The molecule has 27 heavy (non-hydrogen) atoms. The molecule has 5 heteroatoms. The third-order valence-electron chi connectivity index (χ3n) is 5.28. The van der Waals surface area contributed by atoms with Gasteiger partial charge in [0.25, 0.3) is 5.01 Å². The van der Waals surface area contributed by atoms with E-state index in [-0.39, 0.29) is 0 Å². The molecule has 1 saturated heterocycles. The van der Waals surface area contributed by atoms with Crippen molar-refractivity contribution >= 4 is 51.0 Å². The summed E-state index contributed by atoms with van der Waals surface area (Å²) in [7, 11) is 4.30. The predicted octanol–water partition coefficient (Wildman–Crippen LogP) is 4.61. The van der Waals surface area contributed by atoms with Crippen molar-refractivity contribution in [2.24, 2.45) is 7.05 Å². The van der Waals surface area contributed by atoms with E-state index in [0.29, 0.717) is 0 Å². The van der Waals surface area contributed by atoms with Crippen LogP contribution in [0.2, 0.25) is 5.02 Å². The van der Waals surface area contributed by atoms with Crippen molar-refractivity contribution in [3.8, 4) is 0 Å². The Bertz CT molecular complexity index is 1000. The van der Waals surface area contributed by atoms with E-state index in [2.05, 4.69) is 83.9 Å². The Balaban J connectivity index is 1.57. The molecule has 2 heterocycles. The number of rotatable bonds is 3. The smallest absolute Gasteiger partial charge is 0.262 e. The van der Waals surface area contributed by atoms with Crippen molar-refractivity contribution in [1.82, 2.24) is 4.90 Å². The minimum atomic E-state index is 0.808. The maximum atomic E-state index is 6.59. The lowest BCUT2D eigenvalue weighted by Crippen LogP contribution is -2.44. The maximum Gasteiger partial charge on any atom is 0.262 e. The van der Waals surface area contributed by atoms with Gasteiger partial charge >= 0.3 is 0 Å². The minimum Gasteiger partial charge on any atom is -0.369 e. The van der Waals surface area contributed by atoms with E-state index >= 15 is 0 Å². The maximum absolute atomic E-state index is 6.59. The molecule has 0 N–H and O–H groups in total. The Hall–Kier alpha value is -1.88. The molecule has 1 aromatic heterocycles. The van der Waals surface area contributed by atoms with Crippen LogP contribution < -0.4 is 9.47 Å². The van der Waals surface area contributed by atoms with Crippen molar-refractivity contribution in [3.05, 3.63) is 57.6 Å². The number of aryl methyl sites for hydroxylation is 2. The van der Waals surface area contributed by atoms with Gasteiger partial charge in [-0.15, -0.1) is 0 Å². The summed E-state index contributed by atoms with van der Waals surface area (Å²) in [5.74, 6) is 0. The highest BCUT2D eigenvalue weighted by Crippen LogP contribution is 2.27. The summed E-state index contributed by atoms with van der Waals surface area (Å²) < 4.78 is 3.55. The molecule has 1 aliphatic rings. The van der Waals surface area contributed by atoms with Gasteiger partial charge in [-0.1, -0.05) is 35.1 Å². The first-order valence-electron chi connectivity index (χ1n) is 9.31. The number of thiazole rings is 1. The number of benzene rings is 2. The molecule has 0 radical (unpaired) electrons. The van der Waals surface area contributed by atoms with Crippen LogP contribution in [0.25, 0.3) is 22.4 Å². The number of nitrogens with zero attached hydrogens (tertiary/aromatic N) is 3. The van der Waals surface area contributed by atoms with E-state index in [9.17, 15) is 0 Å². The number of fused-ring (bicyclic) bond motifs is 1. The predicted molar refractivity (Wildman–Crippen MR) is 118 cm³/mol. The molecule has 0 unspecified atom stereocenters. The lowest BCUT2D eigenvalue weighted by Gasteiger charge is -2.34. The standard InChI is InChI=1S/C22H25ClN3S/c1-16-4-8-21-20(14-16)25(3)22(27-21)9-6-17-5-7-18(15-19(17)23)26-12-10-24(2)11-13-26/h4-9,14-15H,10-13H2,1-3H3/q+1. The molecule has 3 nitrogen and oxygen atoms in total. The van der Waals surface area contributed by atoms with Gasteiger partial charge in [0.2, 0.25) is 5.52 Å². The van der Waals surface area contributed by atoms with E-state index in [4.69, 9.17) is 11.6 Å². The van der Waals surface area contributed by atoms with Crippen LogP contribution in [0, 0.1) is 6.92 Å². The normalized spacial score (nSPS) is 15.9. The molecule has 3 aromatic rings. The van der Waals surface area contributed by atoms with Gasteiger partial charge in [0, 0.05) is 49.0 Å².